The molecular formula is C20H22N2O2. The highest BCUT2D eigenvalue weighted by Gasteiger charge is 2.23. The summed E-state index contributed by atoms with van der Waals surface area (Å²) >= 11 is 0. The van der Waals surface area contributed by atoms with Gasteiger partial charge < -0.3 is 15.4 Å². The number of rotatable bonds is 5. The third-order valence-corrected chi connectivity index (χ3v) is 4.30. The molecule has 1 unspecified atom stereocenters. The number of aliphatic hydroxyl groups is 1. The van der Waals surface area contributed by atoms with Gasteiger partial charge in [-0.2, -0.15) is 0 Å². The summed E-state index contributed by atoms with van der Waals surface area (Å²) in [6.45, 7) is 3.92. The predicted molar refractivity (Wildman–Crippen MR) is 95.8 cm³/mol. The third-order valence-electron chi connectivity index (χ3n) is 4.30. The fourth-order valence-electron chi connectivity index (χ4n) is 2.85. The molecule has 24 heavy (non-hydrogen) atoms. The lowest BCUT2D eigenvalue weighted by Gasteiger charge is -2.24. The minimum atomic E-state index is -1.09. The summed E-state index contributed by atoms with van der Waals surface area (Å²) in [5.74, 6) is -0.104. The van der Waals surface area contributed by atoms with Crippen LogP contribution in [0.15, 0.2) is 54.7 Å². The Morgan fingerprint density at radius 3 is 2.71 bits per heavy atom. The molecule has 0 aliphatic heterocycles. The monoisotopic (exact) mass is 322 g/mol. The molecule has 0 radical (unpaired) electrons. The summed E-state index contributed by atoms with van der Waals surface area (Å²) in [6, 6.07) is 15.5. The largest absolute Gasteiger partial charge is 0.384 e. The van der Waals surface area contributed by atoms with Gasteiger partial charge in [0.25, 0.3) is 0 Å². The summed E-state index contributed by atoms with van der Waals surface area (Å²) < 4.78 is 0. The van der Waals surface area contributed by atoms with Crippen LogP contribution in [0.25, 0.3) is 10.9 Å². The molecule has 0 bridgehead atoms. The first-order valence-electron chi connectivity index (χ1n) is 8.07. The number of H-pyrrole nitrogens is 1. The summed E-state index contributed by atoms with van der Waals surface area (Å²) in [7, 11) is 0. The van der Waals surface area contributed by atoms with Crippen molar-refractivity contribution in [3.63, 3.8) is 0 Å². The quantitative estimate of drug-likeness (QED) is 0.676. The number of amides is 1. The van der Waals surface area contributed by atoms with Gasteiger partial charge >= 0.3 is 0 Å². The van der Waals surface area contributed by atoms with E-state index < -0.39 is 5.60 Å². The molecule has 0 aliphatic carbocycles. The smallest absolute Gasteiger partial charge is 0.224 e. The minimum Gasteiger partial charge on any atom is -0.384 e. The van der Waals surface area contributed by atoms with Crippen LogP contribution >= 0.6 is 0 Å². The zero-order valence-corrected chi connectivity index (χ0v) is 14.0. The molecule has 0 spiro atoms. The highest BCUT2D eigenvalue weighted by molar-refractivity contribution is 5.89. The maximum absolute atomic E-state index is 12.3. The lowest BCUT2D eigenvalue weighted by molar-refractivity contribution is -0.121. The molecule has 1 atom stereocenters. The van der Waals surface area contributed by atoms with Crippen molar-refractivity contribution in [1.29, 1.82) is 0 Å². The standard InChI is InChI=1S/C20H22N2O2/c1-14-8-9-17-15(12-21-18(17)10-14)11-19(23)22-13-20(2,24)16-6-4-3-5-7-16/h3-10,12,21,24H,11,13H2,1-2H3,(H,22,23). The van der Waals surface area contributed by atoms with Crippen molar-refractivity contribution in [2.24, 2.45) is 0 Å². The Morgan fingerprint density at radius 1 is 1.21 bits per heavy atom. The van der Waals surface area contributed by atoms with Crippen molar-refractivity contribution in [2.75, 3.05) is 6.54 Å². The number of nitrogens with one attached hydrogen (secondary N) is 2. The summed E-state index contributed by atoms with van der Waals surface area (Å²) in [4.78, 5) is 15.5. The van der Waals surface area contributed by atoms with Gasteiger partial charge in [0.15, 0.2) is 0 Å². The van der Waals surface area contributed by atoms with Crippen LogP contribution in [-0.2, 0) is 16.8 Å². The molecule has 4 nitrogen and oxygen atoms in total. The Bertz CT molecular complexity index is 850. The Morgan fingerprint density at radius 2 is 1.96 bits per heavy atom. The van der Waals surface area contributed by atoms with E-state index in [1.807, 2.05) is 55.6 Å². The van der Waals surface area contributed by atoms with Crippen molar-refractivity contribution in [1.82, 2.24) is 10.3 Å². The van der Waals surface area contributed by atoms with Crippen LogP contribution in [-0.4, -0.2) is 22.5 Å². The summed E-state index contributed by atoms with van der Waals surface area (Å²) in [5, 5.41) is 14.4. The fraction of sp³-hybridized carbons (Fsp3) is 0.250. The van der Waals surface area contributed by atoms with Crippen LogP contribution < -0.4 is 5.32 Å². The molecule has 4 heteroatoms. The molecule has 1 aromatic heterocycles. The van der Waals surface area contributed by atoms with E-state index in [9.17, 15) is 9.90 Å². The first-order chi connectivity index (χ1) is 11.5. The topological polar surface area (TPSA) is 65.1 Å². The molecule has 1 heterocycles. The molecular weight excluding hydrogens is 300 g/mol. The van der Waals surface area contributed by atoms with E-state index in [2.05, 4.69) is 16.4 Å². The van der Waals surface area contributed by atoms with Crippen LogP contribution in [0.4, 0.5) is 0 Å². The van der Waals surface area contributed by atoms with Gasteiger partial charge in [-0.15, -0.1) is 0 Å². The zero-order chi connectivity index (χ0) is 17.2. The van der Waals surface area contributed by atoms with Gasteiger partial charge in [-0.25, -0.2) is 0 Å². The number of carbonyl (C=O) groups is 1. The second-order valence-corrected chi connectivity index (χ2v) is 6.46. The van der Waals surface area contributed by atoms with Gasteiger partial charge in [-0.3, -0.25) is 4.79 Å². The fourth-order valence-corrected chi connectivity index (χ4v) is 2.85. The zero-order valence-electron chi connectivity index (χ0n) is 14.0. The highest BCUT2D eigenvalue weighted by atomic mass is 16.3. The second kappa shape index (κ2) is 6.49. The van der Waals surface area contributed by atoms with Gasteiger partial charge in [-0.05, 0) is 36.6 Å². The lowest BCUT2D eigenvalue weighted by atomic mass is 9.96. The number of aromatic nitrogens is 1. The molecule has 3 aromatic rings. The summed E-state index contributed by atoms with van der Waals surface area (Å²) in [6.07, 6.45) is 2.16. The van der Waals surface area contributed by atoms with Crippen LogP contribution in [0.1, 0.15) is 23.6 Å². The van der Waals surface area contributed by atoms with Gasteiger partial charge in [0.05, 0.1) is 13.0 Å². The van der Waals surface area contributed by atoms with Crippen LogP contribution in [0.2, 0.25) is 0 Å². The van der Waals surface area contributed by atoms with Crippen molar-refractivity contribution in [2.45, 2.75) is 25.9 Å². The normalized spacial score (nSPS) is 13.6. The van der Waals surface area contributed by atoms with Crippen molar-refractivity contribution in [3.05, 3.63) is 71.4 Å². The third kappa shape index (κ3) is 3.49. The highest BCUT2D eigenvalue weighted by Crippen LogP contribution is 2.21. The first kappa shape index (κ1) is 16.3. The van der Waals surface area contributed by atoms with Crippen LogP contribution in [0.3, 0.4) is 0 Å². The van der Waals surface area contributed by atoms with Gasteiger partial charge in [-0.1, -0.05) is 42.5 Å². The Balaban J connectivity index is 1.65. The molecule has 124 valence electrons. The van der Waals surface area contributed by atoms with E-state index in [4.69, 9.17) is 0 Å². The Kier molecular flexibility index (Phi) is 4.40. The lowest BCUT2D eigenvalue weighted by Crippen LogP contribution is -2.39. The molecule has 1 amide bonds. The minimum absolute atomic E-state index is 0.104. The molecule has 3 N–H and O–H groups in total. The van der Waals surface area contributed by atoms with E-state index in [1.165, 1.54) is 5.56 Å². The second-order valence-electron chi connectivity index (χ2n) is 6.46. The SMILES string of the molecule is Cc1ccc2c(CC(=O)NCC(C)(O)c3ccccc3)c[nH]c2c1. The van der Waals surface area contributed by atoms with Gasteiger partial charge in [0.1, 0.15) is 5.60 Å². The molecule has 3 rings (SSSR count). The maximum Gasteiger partial charge on any atom is 0.224 e. The predicted octanol–water partition coefficient (Wildman–Crippen LogP) is 3.04. The number of aromatic amines is 1. The number of aryl methyl sites for hydroxylation is 1. The van der Waals surface area contributed by atoms with Crippen LogP contribution in [0.5, 0.6) is 0 Å². The molecule has 2 aromatic carbocycles. The number of carbonyl (C=O) groups excluding carboxylic acids is 1. The van der Waals surface area contributed by atoms with Crippen LogP contribution in [0, 0.1) is 6.92 Å². The molecule has 0 saturated carbocycles. The first-order valence-corrected chi connectivity index (χ1v) is 8.07. The number of benzene rings is 2. The molecule has 0 fully saturated rings. The molecule has 0 saturated heterocycles. The van der Waals surface area contributed by atoms with E-state index in [-0.39, 0.29) is 18.9 Å². The van der Waals surface area contributed by atoms with Crippen molar-refractivity contribution >= 4 is 16.8 Å². The van der Waals surface area contributed by atoms with Crippen molar-refractivity contribution < 1.29 is 9.90 Å². The summed E-state index contributed by atoms with van der Waals surface area (Å²) in [5.41, 5.74) is 2.87. The van der Waals surface area contributed by atoms with E-state index in [0.29, 0.717) is 0 Å². The van der Waals surface area contributed by atoms with E-state index in [0.717, 1.165) is 22.0 Å². The van der Waals surface area contributed by atoms with E-state index in [1.54, 1.807) is 6.92 Å². The average Bonchev–Trinajstić information content (AvgIpc) is 2.96. The number of fused-ring (bicyclic) bond motifs is 1. The molecule has 0 aliphatic rings. The van der Waals surface area contributed by atoms with Crippen molar-refractivity contribution in [3.8, 4) is 0 Å². The van der Waals surface area contributed by atoms with Gasteiger partial charge in [0, 0.05) is 17.1 Å². The average molecular weight is 322 g/mol. The Hall–Kier alpha value is -2.59. The van der Waals surface area contributed by atoms with Gasteiger partial charge in [0.2, 0.25) is 5.91 Å². The maximum atomic E-state index is 12.3. The van der Waals surface area contributed by atoms with E-state index >= 15 is 0 Å². The number of hydrogen-bond acceptors (Lipinski definition) is 2. The Labute approximate surface area is 141 Å². The number of hydrogen-bond donors (Lipinski definition) is 3.